The zero-order chi connectivity index (χ0) is 21.6. The van der Waals surface area contributed by atoms with Crippen molar-refractivity contribution in [2.45, 2.75) is 43.5 Å². The molecule has 5 heteroatoms. The molecule has 3 aromatic rings. The van der Waals surface area contributed by atoms with Crippen LogP contribution in [0.4, 0.5) is 8.78 Å². The number of hydrogen-bond donors (Lipinski definition) is 0. The fourth-order valence-electron chi connectivity index (χ4n) is 3.40. The van der Waals surface area contributed by atoms with Gasteiger partial charge < -0.3 is 9.47 Å². The van der Waals surface area contributed by atoms with Gasteiger partial charge in [0.05, 0.1) is 0 Å². The normalized spacial score (nSPS) is 11.9. The predicted octanol–water partition coefficient (Wildman–Crippen LogP) is 8.10. The predicted molar refractivity (Wildman–Crippen MR) is 120 cm³/mol. The summed E-state index contributed by atoms with van der Waals surface area (Å²) < 4.78 is 36.4. The van der Waals surface area contributed by atoms with Gasteiger partial charge in [0.2, 0.25) is 0 Å². The molecule has 0 saturated heterocycles. The fraction of sp³-hybridized carbons (Fsp3) is 0.280. The number of alkyl halides is 3. The minimum Gasteiger partial charge on any atom is -0.457 e. The molecule has 0 unspecified atom stereocenters. The molecule has 0 saturated carbocycles. The molecule has 30 heavy (non-hydrogen) atoms. The van der Waals surface area contributed by atoms with Gasteiger partial charge in [-0.1, -0.05) is 62.4 Å². The van der Waals surface area contributed by atoms with Crippen LogP contribution in [0.25, 0.3) is 0 Å². The average Bonchev–Trinajstić information content (AvgIpc) is 2.69. The molecule has 3 aromatic carbocycles. The zero-order valence-corrected chi connectivity index (χ0v) is 18.7. The molecular formula is C25H25BrF2O2. The Bertz CT molecular complexity index is 935. The Hall–Kier alpha value is -2.40. The number of benzene rings is 3. The molecule has 0 aliphatic rings. The van der Waals surface area contributed by atoms with Crippen LogP contribution in [-0.2, 0) is 11.8 Å². The third kappa shape index (κ3) is 6.56. The summed E-state index contributed by atoms with van der Waals surface area (Å²) >= 11 is 2.19. The molecule has 0 atom stereocenters. The second-order valence-corrected chi connectivity index (χ2v) is 8.76. The van der Waals surface area contributed by atoms with Crippen molar-refractivity contribution in [2.24, 2.45) is 0 Å². The lowest BCUT2D eigenvalue weighted by molar-refractivity contribution is -0.0803. The van der Waals surface area contributed by atoms with E-state index in [1.165, 1.54) is 5.56 Å². The highest BCUT2D eigenvalue weighted by atomic mass is 79.9. The van der Waals surface area contributed by atoms with Crippen LogP contribution in [-0.4, -0.2) is 5.02 Å². The maximum Gasteiger partial charge on any atom is 0.459 e. The zero-order valence-electron chi connectivity index (χ0n) is 17.1. The van der Waals surface area contributed by atoms with Gasteiger partial charge in [-0.15, -0.1) is 0 Å². The molecule has 0 aromatic heterocycles. The quantitative estimate of drug-likeness (QED) is 0.291. The van der Waals surface area contributed by atoms with Crippen molar-refractivity contribution < 1.29 is 18.3 Å². The van der Waals surface area contributed by atoms with Crippen molar-refractivity contribution in [3.8, 4) is 17.2 Å². The van der Waals surface area contributed by atoms with Crippen molar-refractivity contribution in [3.05, 3.63) is 90.0 Å². The standard InChI is InChI=1S/C25H25BrF2O2/c1-24(2,20-14-16-22(17-15-20)30-25(26,27)28)18-8-10-19-9-6-7-13-23(19)29-21-11-4-3-5-12-21/h3-7,9,11-17H,8,10,18H2,1-2H3. The second-order valence-electron chi connectivity index (χ2n) is 7.83. The first kappa shape index (κ1) is 22.3. The monoisotopic (exact) mass is 474 g/mol. The van der Waals surface area contributed by atoms with Crippen LogP contribution in [0.2, 0.25) is 0 Å². The molecule has 0 spiro atoms. The molecule has 2 nitrogen and oxygen atoms in total. The highest BCUT2D eigenvalue weighted by Gasteiger charge is 2.27. The lowest BCUT2D eigenvalue weighted by atomic mass is 9.80. The van der Waals surface area contributed by atoms with Gasteiger partial charge in [-0.25, -0.2) is 0 Å². The Morgan fingerprint density at radius 2 is 1.43 bits per heavy atom. The Balaban J connectivity index is 1.60. The lowest BCUT2D eigenvalue weighted by Gasteiger charge is -2.26. The number of ether oxygens (including phenoxy) is 2. The number of hydrogen-bond acceptors (Lipinski definition) is 2. The molecule has 0 heterocycles. The van der Waals surface area contributed by atoms with Gasteiger partial charge in [-0.2, -0.15) is 8.78 Å². The van der Waals surface area contributed by atoms with Gasteiger partial charge in [-0.05, 0) is 66.1 Å². The van der Waals surface area contributed by atoms with Crippen molar-refractivity contribution in [1.82, 2.24) is 0 Å². The Morgan fingerprint density at radius 1 is 0.800 bits per heavy atom. The highest BCUT2D eigenvalue weighted by Crippen LogP contribution is 2.33. The fourth-order valence-corrected chi connectivity index (χ4v) is 3.59. The van der Waals surface area contributed by atoms with E-state index in [4.69, 9.17) is 4.74 Å². The topological polar surface area (TPSA) is 18.5 Å². The van der Waals surface area contributed by atoms with Gasteiger partial charge in [0.1, 0.15) is 17.2 Å². The first-order chi connectivity index (χ1) is 14.2. The number of aryl methyl sites for hydroxylation is 1. The molecule has 0 fully saturated rings. The van der Waals surface area contributed by atoms with E-state index < -0.39 is 5.02 Å². The molecule has 0 aliphatic heterocycles. The van der Waals surface area contributed by atoms with E-state index in [0.717, 1.165) is 36.3 Å². The van der Waals surface area contributed by atoms with E-state index in [1.54, 1.807) is 12.1 Å². The van der Waals surface area contributed by atoms with E-state index in [-0.39, 0.29) is 11.2 Å². The summed E-state index contributed by atoms with van der Waals surface area (Å²) in [6.45, 7) is 4.32. The SMILES string of the molecule is CC(C)(CCCc1ccccc1Oc1ccccc1)c1ccc(OC(F)(F)Br)cc1. The van der Waals surface area contributed by atoms with E-state index in [1.807, 2.05) is 60.7 Å². The largest absolute Gasteiger partial charge is 0.459 e. The summed E-state index contributed by atoms with van der Waals surface area (Å²) in [5.41, 5.74) is 2.16. The van der Waals surface area contributed by atoms with Gasteiger partial charge in [0.25, 0.3) is 0 Å². The van der Waals surface area contributed by atoms with Crippen LogP contribution in [0.15, 0.2) is 78.9 Å². The molecule has 0 radical (unpaired) electrons. The minimum atomic E-state index is -3.36. The van der Waals surface area contributed by atoms with E-state index in [2.05, 4.69) is 40.6 Å². The van der Waals surface area contributed by atoms with Gasteiger partial charge in [0, 0.05) is 15.9 Å². The molecule has 0 aliphatic carbocycles. The average molecular weight is 475 g/mol. The number of halogens is 3. The van der Waals surface area contributed by atoms with Crippen LogP contribution in [0.3, 0.4) is 0 Å². The third-order valence-corrected chi connectivity index (χ3v) is 5.22. The van der Waals surface area contributed by atoms with E-state index in [0.29, 0.717) is 0 Å². The Labute approximate surface area is 185 Å². The number of para-hydroxylation sites is 2. The summed E-state index contributed by atoms with van der Waals surface area (Å²) in [5, 5.41) is -3.36. The third-order valence-electron chi connectivity index (χ3n) is 5.06. The molecule has 0 bridgehead atoms. The van der Waals surface area contributed by atoms with Gasteiger partial charge >= 0.3 is 5.02 Å². The molecule has 0 amide bonds. The molecule has 0 N–H and O–H groups in total. The van der Waals surface area contributed by atoms with E-state index in [9.17, 15) is 8.78 Å². The first-order valence-electron chi connectivity index (χ1n) is 9.90. The maximum absolute atomic E-state index is 12.9. The summed E-state index contributed by atoms with van der Waals surface area (Å²) in [6, 6.07) is 24.7. The first-order valence-corrected chi connectivity index (χ1v) is 10.7. The van der Waals surface area contributed by atoms with Crippen LogP contribution in [0.5, 0.6) is 17.2 Å². The van der Waals surface area contributed by atoms with Crippen LogP contribution < -0.4 is 9.47 Å². The smallest absolute Gasteiger partial charge is 0.457 e. The molecule has 3 rings (SSSR count). The van der Waals surface area contributed by atoms with E-state index >= 15 is 0 Å². The van der Waals surface area contributed by atoms with Gasteiger partial charge in [-0.3, -0.25) is 0 Å². The second kappa shape index (κ2) is 9.61. The van der Waals surface area contributed by atoms with Gasteiger partial charge in [0.15, 0.2) is 0 Å². The summed E-state index contributed by atoms with van der Waals surface area (Å²) in [7, 11) is 0. The van der Waals surface area contributed by atoms with Crippen molar-refractivity contribution >= 4 is 15.9 Å². The number of rotatable bonds is 9. The van der Waals surface area contributed by atoms with Crippen molar-refractivity contribution in [3.63, 3.8) is 0 Å². The summed E-state index contributed by atoms with van der Waals surface area (Å²) in [6.07, 6.45) is 2.81. The van der Waals surface area contributed by atoms with Crippen LogP contribution in [0.1, 0.15) is 37.8 Å². The lowest BCUT2D eigenvalue weighted by Crippen LogP contribution is -2.18. The maximum atomic E-state index is 12.9. The van der Waals surface area contributed by atoms with Crippen molar-refractivity contribution in [1.29, 1.82) is 0 Å². The van der Waals surface area contributed by atoms with Crippen molar-refractivity contribution in [2.75, 3.05) is 0 Å². The summed E-state index contributed by atoms with van der Waals surface area (Å²) in [4.78, 5) is 0. The minimum absolute atomic E-state index is 0.0926. The highest BCUT2D eigenvalue weighted by molar-refractivity contribution is 9.09. The summed E-state index contributed by atoms with van der Waals surface area (Å²) in [5.74, 6) is 1.82. The Morgan fingerprint density at radius 3 is 2.10 bits per heavy atom. The molecular weight excluding hydrogens is 450 g/mol. The molecule has 158 valence electrons. The van der Waals surface area contributed by atoms with Crippen LogP contribution >= 0.6 is 15.9 Å². The van der Waals surface area contributed by atoms with Crippen LogP contribution in [0, 0.1) is 0 Å². The Kier molecular flexibility index (Phi) is 7.14.